The summed E-state index contributed by atoms with van der Waals surface area (Å²) >= 11 is 6.24. The molecule has 4 rings (SSSR count). The minimum absolute atomic E-state index is 0. The summed E-state index contributed by atoms with van der Waals surface area (Å²) in [7, 11) is 0. The van der Waals surface area contributed by atoms with Gasteiger partial charge in [0.2, 0.25) is 0 Å². The minimum Gasteiger partial charge on any atom is -0.350 e. The van der Waals surface area contributed by atoms with Crippen molar-refractivity contribution < 1.29 is 0 Å². The Kier molecular flexibility index (Phi) is 6.02. The van der Waals surface area contributed by atoms with Crippen LogP contribution in [0, 0.1) is 13.8 Å². The molecule has 2 aromatic heterocycles. The first-order valence-electron chi connectivity index (χ1n) is 9.46. The molecule has 0 spiro atoms. The zero-order valence-electron chi connectivity index (χ0n) is 16.2. The molecule has 0 radical (unpaired) electrons. The molecule has 0 aliphatic carbocycles. The molecule has 0 saturated carbocycles. The summed E-state index contributed by atoms with van der Waals surface area (Å²) in [5.41, 5.74) is 6.82. The van der Waals surface area contributed by atoms with Crippen LogP contribution in [0.25, 0.3) is 10.9 Å². The minimum atomic E-state index is 0. The first-order chi connectivity index (χ1) is 12.6. The van der Waals surface area contributed by atoms with Crippen LogP contribution < -0.4 is 4.90 Å². The van der Waals surface area contributed by atoms with Crippen molar-refractivity contribution in [3.05, 3.63) is 58.9 Å². The molecule has 3 nitrogen and oxygen atoms in total. The van der Waals surface area contributed by atoms with Gasteiger partial charge in [0.25, 0.3) is 0 Å². The van der Waals surface area contributed by atoms with Crippen LogP contribution in [0.1, 0.15) is 35.7 Å². The quantitative estimate of drug-likeness (QED) is 0.524. The Morgan fingerprint density at radius 3 is 2.63 bits per heavy atom. The van der Waals surface area contributed by atoms with Gasteiger partial charge in [-0.3, -0.25) is 0 Å². The topological polar surface area (TPSA) is 21.1 Å². The van der Waals surface area contributed by atoms with Crippen LogP contribution in [0.5, 0.6) is 0 Å². The van der Waals surface area contributed by atoms with Crippen LogP contribution in [0.15, 0.2) is 36.5 Å². The van der Waals surface area contributed by atoms with Gasteiger partial charge in [-0.25, -0.2) is 4.98 Å². The predicted molar refractivity (Wildman–Crippen MR) is 118 cm³/mol. The number of nitrogens with zero attached hydrogens (tertiary/aromatic N) is 3. The van der Waals surface area contributed by atoms with E-state index in [1.165, 1.54) is 33.3 Å². The number of aromatic nitrogens is 2. The van der Waals surface area contributed by atoms with Crippen molar-refractivity contribution in [3.63, 3.8) is 0 Å². The molecule has 1 atom stereocenters. The van der Waals surface area contributed by atoms with E-state index in [1.54, 1.807) is 0 Å². The average Bonchev–Trinajstić information content (AvgIpc) is 2.90. The highest BCUT2D eigenvalue weighted by atomic mass is 35.5. The maximum absolute atomic E-state index is 6.24. The van der Waals surface area contributed by atoms with Gasteiger partial charge in [0.1, 0.15) is 0 Å². The summed E-state index contributed by atoms with van der Waals surface area (Å²) in [6.45, 7) is 9.37. The Hall–Kier alpha value is -1.71. The van der Waals surface area contributed by atoms with E-state index < -0.39 is 0 Å². The highest BCUT2D eigenvalue weighted by Gasteiger charge is 2.22. The highest BCUT2D eigenvalue weighted by molar-refractivity contribution is 6.20. The molecule has 1 unspecified atom stereocenters. The summed E-state index contributed by atoms with van der Waals surface area (Å²) < 4.78 is 2.42. The zero-order valence-corrected chi connectivity index (χ0v) is 17.8. The number of hydrogen-bond acceptors (Lipinski definition) is 2. The van der Waals surface area contributed by atoms with Gasteiger partial charge in [0.15, 0.2) is 5.82 Å². The number of hydrogen-bond donors (Lipinski definition) is 0. The number of rotatable bonds is 4. The third-order valence-electron chi connectivity index (χ3n) is 5.71. The summed E-state index contributed by atoms with van der Waals surface area (Å²) in [6.07, 6.45) is 3.99. The zero-order chi connectivity index (χ0) is 18.3. The molecule has 0 fully saturated rings. The normalized spacial score (nSPS) is 14.7. The van der Waals surface area contributed by atoms with E-state index in [9.17, 15) is 0 Å². The lowest BCUT2D eigenvalue weighted by Crippen LogP contribution is -2.31. The lowest BCUT2D eigenvalue weighted by Gasteiger charge is -2.30. The van der Waals surface area contributed by atoms with Crippen molar-refractivity contribution in [2.75, 3.05) is 11.4 Å². The van der Waals surface area contributed by atoms with Crippen molar-refractivity contribution in [1.82, 2.24) is 9.55 Å². The molecular weight excluding hydrogens is 377 g/mol. The molecule has 0 N–H and O–H groups in total. The number of aryl methyl sites for hydroxylation is 2. The number of fused-ring (bicyclic) bond motifs is 2. The third-order valence-corrected chi connectivity index (χ3v) is 5.93. The third kappa shape index (κ3) is 3.68. The Labute approximate surface area is 172 Å². The maximum atomic E-state index is 6.24. The molecule has 144 valence electrons. The van der Waals surface area contributed by atoms with Crippen molar-refractivity contribution in [2.45, 2.75) is 52.1 Å². The smallest absolute Gasteiger partial charge is 0.153 e. The summed E-state index contributed by atoms with van der Waals surface area (Å²) in [6, 6.07) is 10.9. The van der Waals surface area contributed by atoms with Crippen LogP contribution >= 0.6 is 24.0 Å². The average molecular weight is 404 g/mol. The molecule has 1 aliphatic rings. The number of halogens is 2. The molecule has 0 saturated heterocycles. The number of benzene rings is 1. The second kappa shape index (κ2) is 8.12. The molecule has 5 heteroatoms. The van der Waals surface area contributed by atoms with Crippen LogP contribution in [0.2, 0.25) is 0 Å². The van der Waals surface area contributed by atoms with Crippen LogP contribution in [-0.2, 0) is 19.5 Å². The lowest BCUT2D eigenvalue weighted by atomic mass is 10.00. The highest BCUT2D eigenvalue weighted by Crippen LogP contribution is 2.34. The number of anilines is 1. The van der Waals surface area contributed by atoms with Crippen molar-refractivity contribution in [3.8, 4) is 0 Å². The Bertz CT molecular complexity index is 946. The Morgan fingerprint density at radius 1 is 1.15 bits per heavy atom. The van der Waals surface area contributed by atoms with Crippen LogP contribution in [0.3, 0.4) is 0 Å². The van der Waals surface area contributed by atoms with E-state index in [1.807, 2.05) is 6.20 Å². The van der Waals surface area contributed by atoms with Crippen LogP contribution in [-0.4, -0.2) is 21.5 Å². The number of pyridine rings is 1. The largest absolute Gasteiger partial charge is 0.350 e. The maximum Gasteiger partial charge on any atom is 0.153 e. The Morgan fingerprint density at radius 2 is 1.89 bits per heavy atom. The summed E-state index contributed by atoms with van der Waals surface area (Å²) in [4.78, 5) is 7.25. The molecule has 0 amide bonds. The summed E-state index contributed by atoms with van der Waals surface area (Å²) in [5.74, 6) is 1.11. The van der Waals surface area contributed by atoms with Gasteiger partial charge in [-0.05, 0) is 56.4 Å². The predicted octanol–water partition coefficient (Wildman–Crippen LogP) is 5.66. The molecule has 1 aromatic carbocycles. The van der Waals surface area contributed by atoms with E-state index >= 15 is 0 Å². The number of alkyl halides is 1. The van der Waals surface area contributed by atoms with E-state index in [-0.39, 0.29) is 17.8 Å². The Balaban J connectivity index is 0.00000210. The van der Waals surface area contributed by atoms with Gasteiger partial charge in [-0.1, -0.05) is 24.3 Å². The van der Waals surface area contributed by atoms with Gasteiger partial charge in [-0.15, -0.1) is 24.0 Å². The summed E-state index contributed by atoms with van der Waals surface area (Å²) in [5, 5.41) is 1.49. The second-order valence-electron chi connectivity index (χ2n) is 7.40. The SMILES string of the molecule is Cc1c(C)n(CCC(C)Cl)c2c(N3CCc4ccccc4C3)nccc12.Cl. The van der Waals surface area contributed by atoms with Crippen LogP contribution in [0.4, 0.5) is 5.82 Å². The molecule has 0 bridgehead atoms. The van der Waals surface area contributed by atoms with Gasteiger partial charge in [0, 0.05) is 42.3 Å². The van der Waals surface area contributed by atoms with Crippen molar-refractivity contribution >= 4 is 40.7 Å². The molecule has 3 aromatic rings. The standard InChI is InChI=1S/C22H26ClN3.ClH/c1-15(23)9-13-26-17(3)16(2)20-8-11-24-22(21(20)26)25-12-10-18-6-4-5-7-19(18)14-25;/h4-8,11,15H,9-10,12-14H2,1-3H3;1H. The van der Waals surface area contributed by atoms with Gasteiger partial charge < -0.3 is 9.47 Å². The molecular formula is C22H27Cl2N3. The van der Waals surface area contributed by atoms with Gasteiger partial charge in [-0.2, -0.15) is 0 Å². The first kappa shape index (κ1) is 20.0. The fraction of sp³-hybridized carbons (Fsp3) is 0.409. The molecule has 1 aliphatic heterocycles. The monoisotopic (exact) mass is 403 g/mol. The fourth-order valence-corrected chi connectivity index (χ4v) is 4.17. The van der Waals surface area contributed by atoms with Gasteiger partial charge >= 0.3 is 0 Å². The second-order valence-corrected chi connectivity index (χ2v) is 8.15. The van der Waals surface area contributed by atoms with E-state index in [0.717, 1.165) is 38.3 Å². The van der Waals surface area contributed by atoms with Crippen molar-refractivity contribution in [2.24, 2.45) is 0 Å². The lowest BCUT2D eigenvalue weighted by molar-refractivity contribution is 0.637. The molecule has 27 heavy (non-hydrogen) atoms. The van der Waals surface area contributed by atoms with E-state index in [4.69, 9.17) is 16.6 Å². The van der Waals surface area contributed by atoms with Gasteiger partial charge in [0.05, 0.1) is 5.52 Å². The fourth-order valence-electron chi connectivity index (χ4n) is 4.07. The molecule has 3 heterocycles. The van der Waals surface area contributed by atoms with E-state index in [0.29, 0.717) is 0 Å². The van der Waals surface area contributed by atoms with Crippen molar-refractivity contribution in [1.29, 1.82) is 0 Å². The first-order valence-corrected chi connectivity index (χ1v) is 9.90. The van der Waals surface area contributed by atoms with E-state index in [2.05, 4.69) is 60.6 Å².